The summed E-state index contributed by atoms with van der Waals surface area (Å²) >= 11 is 0. The van der Waals surface area contributed by atoms with Crippen LogP contribution in [-0.2, 0) is 14.3 Å². The first kappa shape index (κ1) is 20.8. The number of anilines is 1. The normalized spacial score (nSPS) is 11.2. The van der Waals surface area contributed by atoms with Gasteiger partial charge in [-0.25, -0.2) is 0 Å². The van der Waals surface area contributed by atoms with E-state index in [0.717, 1.165) is 5.56 Å². The van der Waals surface area contributed by atoms with Crippen LogP contribution in [0.15, 0.2) is 48.5 Å². The summed E-state index contributed by atoms with van der Waals surface area (Å²) in [7, 11) is 0. The summed E-state index contributed by atoms with van der Waals surface area (Å²) in [5.74, 6) is -1.81. The molecule has 2 N–H and O–H groups in total. The predicted molar refractivity (Wildman–Crippen MR) is 104 cm³/mol. The van der Waals surface area contributed by atoms with Crippen LogP contribution in [-0.4, -0.2) is 36.2 Å². The second-order valence-electron chi connectivity index (χ2n) is 6.31. The Morgan fingerprint density at radius 1 is 1.00 bits per heavy atom. The third-order valence-corrected chi connectivity index (χ3v) is 3.89. The first-order valence-corrected chi connectivity index (χ1v) is 8.72. The molecule has 0 spiro atoms. The van der Waals surface area contributed by atoms with E-state index in [9.17, 15) is 19.2 Å². The number of carbonyl (C=O) groups is 4. The molecule has 0 saturated carbocycles. The molecule has 0 aliphatic rings. The van der Waals surface area contributed by atoms with Crippen LogP contribution in [0.3, 0.4) is 0 Å². The first-order valence-electron chi connectivity index (χ1n) is 8.72. The van der Waals surface area contributed by atoms with E-state index >= 15 is 0 Å². The molecule has 1 atom stereocenters. The second-order valence-corrected chi connectivity index (χ2v) is 6.31. The highest BCUT2D eigenvalue weighted by Gasteiger charge is 2.19. The van der Waals surface area contributed by atoms with Gasteiger partial charge in [0.25, 0.3) is 11.8 Å². The van der Waals surface area contributed by atoms with Gasteiger partial charge in [0, 0.05) is 16.8 Å². The summed E-state index contributed by atoms with van der Waals surface area (Å²) in [6, 6.07) is 13.4. The van der Waals surface area contributed by atoms with E-state index in [1.54, 1.807) is 36.4 Å². The summed E-state index contributed by atoms with van der Waals surface area (Å²) in [4.78, 5) is 47.5. The molecule has 0 unspecified atom stereocenters. The van der Waals surface area contributed by atoms with E-state index < -0.39 is 23.9 Å². The standard InChI is InChI=1S/C21H22N2O5/c1-13-6-4-8-17(10-13)21(27)22-12-19(25)28-15(3)20(26)23-18-9-5-7-16(11-18)14(2)24/h4-11,15H,12H2,1-3H3,(H,22,27)(H,23,26)/t15-/m1/s1. The number of hydrogen-bond acceptors (Lipinski definition) is 5. The van der Waals surface area contributed by atoms with Crippen molar-refractivity contribution in [2.24, 2.45) is 0 Å². The predicted octanol–water partition coefficient (Wildman–Crippen LogP) is 2.50. The quantitative estimate of drug-likeness (QED) is 0.566. The van der Waals surface area contributed by atoms with Crippen molar-refractivity contribution in [3.8, 4) is 0 Å². The molecule has 2 aromatic carbocycles. The fourth-order valence-electron chi connectivity index (χ4n) is 2.39. The molecule has 2 rings (SSSR count). The summed E-state index contributed by atoms with van der Waals surface area (Å²) in [5, 5.41) is 5.04. The lowest BCUT2D eigenvalue weighted by atomic mass is 10.1. The minimum absolute atomic E-state index is 0.125. The number of ketones is 1. The maximum Gasteiger partial charge on any atom is 0.326 e. The van der Waals surface area contributed by atoms with Crippen molar-refractivity contribution in [2.45, 2.75) is 26.9 Å². The Balaban J connectivity index is 1.84. The van der Waals surface area contributed by atoms with Crippen LogP contribution in [0.4, 0.5) is 5.69 Å². The molecule has 28 heavy (non-hydrogen) atoms. The van der Waals surface area contributed by atoms with Gasteiger partial charge in [-0.2, -0.15) is 0 Å². The summed E-state index contributed by atoms with van der Waals surface area (Å²) < 4.78 is 5.04. The molecule has 2 aromatic rings. The number of amides is 2. The number of ether oxygens (including phenoxy) is 1. The number of hydrogen-bond donors (Lipinski definition) is 2. The molecule has 0 radical (unpaired) electrons. The Hall–Kier alpha value is -3.48. The zero-order valence-corrected chi connectivity index (χ0v) is 15.9. The van der Waals surface area contributed by atoms with Crippen molar-refractivity contribution in [1.82, 2.24) is 5.32 Å². The van der Waals surface area contributed by atoms with E-state index in [1.165, 1.54) is 19.9 Å². The van der Waals surface area contributed by atoms with Gasteiger partial charge < -0.3 is 15.4 Å². The second kappa shape index (κ2) is 9.45. The monoisotopic (exact) mass is 382 g/mol. The van der Waals surface area contributed by atoms with Crippen LogP contribution >= 0.6 is 0 Å². The van der Waals surface area contributed by atoms with Gasteiger partial charge in [0.2, 0.25) is 0 Å². The number of carbonyl (C=O) groups excluding carboxylic acids is 4. The van der Waals surface area contributed by atoms with Gasteiger partial charge in [-0.15, -0.1) is 0 Å². The fraction of sp³-hybridized carbons (Fsp3) is 0.238. The van der Waals surface area contributed by atoms with Crippen molar-refractivity contribution in [1.29, 1.82) is 0 Å². The van der Waals surface area contributed by atoms with E-state index in [1.807, 2.05) is 13.0 Å². The van der Waals surface area contributed by atoms with Crippen LogP contribution in [0.25, 0.3) is 0 Å². The molecule has 0 bridgehead atoms. The van der Waals surface area contributed by atoms with Crippen LogP contribution in [0.2, 0.25) is 0 Å². The minimum atomic E-state index is -1.07. The maximum absolute atomic E-state index is 12.2. The van der Waals surface area contributed by atoms with Gasteiger partial charge >= 0.3 is 5.97 Å². The van der Waals surface area contributed by atoms with Crippen LogP contribution < -0.4 is 10.6 Å². The van der Waals surface area contributed by atoms with Gasteiger partial charge in [-0.05, 0) is 45.0 Å². The van der Waals surface area contributed by atoms with Gasteiger partial charge in [-0.3, -0.25) is 19.2 Å². The van der Waals surface area contributed by atoms with E-state index in [2.05, 4.69) is 10.6 Å². The molecule has 146 valence electrons. The van der Waals surface area contributed by atoms with Crippen LogP contribution in [0.5, 0.6) is 0 Å². The number of Topliss-reactive ketones (excluding diaryl/α,β-unsaturated/α-hetero) is 1. The van der Waals surface area contributed by atoms with Crippen LogP contribution in [0, 0.1) is 6.92 Å². The van der Waals surface area contributed by atoms with Crippen molar-refractivity contribution in [3.63, 3.8) is 0 Å². The van der Waals surface area contributed by atoms with E-state index in [0.29, 0.717) is 16.8 Å². The summed E-state index contributed by atoms with van der Waals surface area (Å²) in [6.07, 6.45) is -1.07. The molecule has 7 heteroatoms. The van der Waals surface area contributed by atoms with Crippen molar-refractivity contribution < 1.29 is 23.9 Å². The van der Waals surface area contributed by atoms with Crippen molar-refractivity contribution in [3.05, 3.63) is 65.2 Å². The highest BCUT2D eigenvalue weighted by Crippen LogP contribution is 2.12. The van der Waals surface area contributed by atoms with Gasteiger partial charge in [0.05, 0.1) is 0 Å². The Morgan fingerprint density at radius 2 is 1.68 bits per heavy atom. The highest BCUT2D eigenvalue weighted by molar-refractivity contribution is 5.99. The molecule has 0 aromatic heterocycles. The fourth-order valence-corrected chi connectivity index (χ4v) is 2.39. The zero-order chi connectivity index (χ0) is 20.7. The highest BCUT2D eigenvalue weighted by atomic mass is 16.5. The Morgan fingerprint density at radius 3 is 2.36 bits per heavy atom. The van der Waals surface area contributed by atoms with E-state index in [4.69, 9.17) is 4.74 Å². The molecule has 2 amide bonds. The lowest BCUT2D eigenvalue weighted by Gasteiger charge is -2.14. The summed E-state index contributed by atoms with van der Waals surface area (Å²) in [5.41, 5.74) is 2.24. The van der Waals surface area contributed by atoms with E-state index in [-0.39, 0.29) is 12.3 Å². The Bertz CT molecular complexity index is 907. The lowest BCUT2D eigenvalue weighted by Crippen LogP contribution is -2.35. The topological polar surface area (TPSA) is 102 Å². The smallest absolute Gasteiger partial charge is 0.326 e. The van der Waals surface area contributed by atoms with Gasteiger partial charge in [-0.1, -0.05) is 29.8 Å². The van der Waals surface area contributed by atoms with Crippen LogP contribution in [0.1, 0.15) is 40.1 Å². The molecule has 0 aliphatic carbocycles. The Labute approximate surface area is 163 Å². The average Bonchev–Trinajstić information content (AvgIpc) is 2.66. The molecule has 0 fully saturated rings. The lowest BCUT2D eigenvalue weighted by molar-refractivity contribution is -0.152. The minimum Gasteiger partial charge on any atom is -0.451 e. The number of nitrogens with one attached hydrogen (secondary N) is 2. The molecular weight excluding hydrogens is 360 g/mol. The third kappa shape index (κ3) is 6.05. The third-order valence-electron chi connectivity index (χ3n) is 3.89. The summed E-state index contributed by atoms with van der Waals surface area (Å²) in [6.45, 7) is 4.35. The van der Waals surface area contributed by atoms with Gasteiger partial charge in [0.15, 0.2) is 11.9 Å². The number of aryl methyl sites for hydroxylation is 1. The molecule has 0 saturated heterocycles. The molecule has 7 nitrogen and oxygen atoms in total. The average molecular weight is 382 g/mol. The maximum atomic E-state index is 12.2. The SMILES string of the molecule is CC(=O)c1cccc(NC(=O)[C@@H](C)OC(=O)CNC(=O)c2cccc(C)c2)c1. The number of rotatable bonds is 7. The zero-order valence-electron chi connectivity index (χ0n) is 15.9. The van der Waals surface area contributed by atoms with Crippen molar-refractivity contribution >= 4 is 29.3 Å². The van der Waals surface area contributed by atoms with Crippen molar-refractivity contribution in [2.75, 3.05) is 11.9 Å². The molecule has 0 heterocycles. The number of esters is 1. The Kier molecular flexibility index (Phi) is 7.03. The molecule has 0 aliphatic heterocycles. The number of benzene rings is 2. The first-order chi connectivity index (χ1) is 13.3. The largest absolute Gasteiger partial charge is 0.451 e. The van der Waals surface area contributed by atoms with Gasteiger partial charge in [0.1, 0.15) is 6.54 Å². The molecular formula is C21H22N2O5.